The minimum absolute atomic E-state index is 0.140. The van der Waals surface area contributed by atoms with Crippen molar-refractivity contribution in [1.82, 2.24) is 5.16 Å². The van der Waals surface area contributed by atoms with Gasteiger partial charge in [0.25, 0.3) is 0 Å². The van der Waals surface area contributed by atoms with Gasteiger partial charge in [0, 0.05) is 19.0 Å². The first kappa shape index (κ1) is 11.6. The normalized spacial score (nSPS) is 19.8. The third kappa shape index (κ3) is 2.15. The molecule has 1 aliphatic heterocycles. The second kappa shape index (κ2) is 4.57. The van der Waals surface area contributed by atoms with Crippen molar-refractivity contribution in [2.24, 2.45) is 5.92 Å². The lowest BCUT2D eigenvalue weighted by molar-refractivity contribution is -0.145. The quantitative estimate of drug-likeness (QED) is 0.727. The maximum atomic E-state index is 11.7. The molecule has 0 bridgehead atoms. The Morgan fingerprint density at radius 3 is 3.06 bits per heavy atom. The Bertz CT molecular complexity index is 440. The van der Waals surface area contributed by atoms with E-state index in [-0.39, 0.29) is 18.3 Å². The first-order valence-corrected chi connectivity index (χ1v) is 5.49. The summed E-state index contributed by atoms with van der Waals surface area (Å²) in [6.07, 6.45) is 0.904. The lowest BCUT2D eigenvalue weighted by Gasteiger charge is -2.10. The van der Waals surface area contributed by atoms with Gasteiger partial charge in [-0.15, -0.1) is 0 Å². The maximum Gasteiger partial charge on any atom is 0.311 e. The molecule has 1 atom stereocenters. The van der Waals surface area contributed by atoms with Crippen LogP contribution in [0.2, 0.25) is 0 Å². The molecule has 1 unspecified atom stereocenters. The number of carbonyl (C=O) groups excluding carboxylic acids is 2. The van der Waals surface area contributed by atoms with Gasteiger partial charge < -0.3 is 9.26 Å². The molecule has 6 nitrogen and oxygen atoms in total. The summed E-state index contributed by atoms with van der Waals surface area (Å²) in [5.74, 6) is -0.517. The molecule has 0 saturated carbocycles. The summed E-state index contributed by atoms with van der Waals surface area (Å²) < 4.78 is 9.70. The highest BCUT2D eigenvalue weighted by atomic mass is 16.5. The summed E-state index contributed by atoms with van der Waals surface area (Å²) in [4.78, 5) is 24.5. The number of carbonyl (C=O) groups is 2. The van der Waals surface area contributed by atoms with Gasteiger partial charge in [-0.05, 0) is 6.42 Å². The van der Waals surface area contributed by atoms with E-state index in [9.17, 15) is 9.59 Å². The van der Waals surface area contributed by atoms with Crippen molar-refractivity contribution in [3.05, 3.63) is 11.8 Å². The molecule has 1 aromatic heterocycles. The van der Waals surface area contributed by atoms with E-state index in [1.165, 1.54) is 12.0 Å². The van der Waals surface area contributed by atoms with E-state index in [1.54, 1.807) is 6.07 Å². The van der Waals surface area contributed by atoms with Crippen LogP contribution in [0.25, 0.3) is 0 Å². The van der Waals surface area contributed by atoms with E-state index < -0.39 is 5.92 Å². The van der Waals surface area contributed by atoms with Gasteiger partial charge >= 0.3 is 5.97 Å². The van der Waals surface area contributed by atoms with E-state index in [0.717, 1.165) is 12.1 Å². The Balaban J connectivity index is 2.12. The predicted molar refractivity (Wildman–Crippen MR) is 58.4 cm³/mol. The highest BCUT2D eigenvalue weighted by Crippen LogP contribution is 2.26. The largest absolute Gasteiger partial charge is 0.469 e. The highest BCUT2D eigenvalue weighted by molar-refractivity contribution is 5.98. The fraction of sp³-hybridized carbons (Fsp3) is 0.545. The molecule has 1 fully saturated rings. The van der Waals surface area contributed by atoms with Crippen LogP contribution in [0.1, 0.15) is 19.0 Å². The maximum absolute atomic E-state index is 11.7. The Morgan fingerprint density at radius 1 is 1.71 bits per heavy atom. The summed E-state index contributed by atoms with van der Waals surface area (Å²) in [5.41, 5.74) is 0.786. The molecule has 1 saturated heterocycles. The van der Waals surface area contributed by atoms with E-state index >= 15 is 0 Å². The van der Waals surface area contributed by atoms with Crippen LogP contribution in [-0.4, -0.2) is 30.7 Å². The molecule has 1 amide bonds. The molecule has 92 valence electrons. The van der Waals surface area contributed by atoms with Gasteiger partial charge in [0.1, 0.15) is 0 Å². The third-order valence-electron chi connectivity index (χ3n) is 2.83. The molecular weight excluding hydrogens is 224 g/mol. The van der Waals surface area contributed by atoms with Crippen LogP contribution in [-0.2, 0) is 20.7 Å². The van der Waals surface area contributed by atoms with E-state index in [4.69, 9.17) is 4.52 Å². The zero-order chi connectivity index (χ0) is 12.4. The SMILES string of the molecule is CCc1cc(N2CC(C(=O)OC)CC2=O)on1. The zero-order valence-electron chi connectivity index (χ0n) is 9.80. The number of hydrogen-bond acceptors (Lipinski definition) is 5. The molecule has 1 aliphatic rings. The van der Waals surface area contributed by atoms with E-state index in [2.05, 4.69) is 9.89 Å². The van der Waals surface area contributed by atoms with Crippen LogP contribution in [0.3, 0.4) is 0 Å². The average molecular weight is 238 g/mol. The molecule has 0 aromatic carbocycles. The van der Waals surface area contributed by atoms with Gasteiger partial charge in [-0.2, -0.15) is 0 Å². The van der Waals surface area contributed by atoms with Crippen LogP contribution in [0.15, 0.2) is 10.6 Å². The monoisotopic (exact) mass is 238 g/mol. The van der Waals surface area contributed by atoms with Gasteiger partial charge in [0.05, 0.1) is 18.7 Å². The van der Waals surface area contributed by atoms with Crippen molar-refractivity contribution in [3.63, 3.8) is 0 Å². The number of esters is 1. The summed E-state index contributed by atoms with van der Waals surface area (Å²) in [6, 6.07) is 1.72. The molecule has 0 N–H and O–H groups in total. The van der Waals surface area contributed by atoms with Gasteiger partial charge in [-0.3, -0.25) is 14.5 Å². The van der Waals surface area contributed by atoms with Gasteiger partial charge in [0.2, 0.25) is 11.8 Å². The smallest absolute Gasteiger partial charge is 0.311 e. The molecule has 0 aliphatic carbocycles. The van der Waals surface area contributed by atoms with Crippen molar-refractivity contribution < 1.29 is 18.8 Å². The molecule has 6 heteroatoms. The average Bonchev–Trinajstić information content (AvgIpc) is 2.93. The number of aromatic nitrogens is 1. The lowest BCUT2D eigenvalue weighted by Crippen LogP contribution is -2.25. The van der Waals surface area contributed by atoms with Crippen LogP contribution in [0, 0.1) is 5.92 Å². The number of nitrogens with zero attached hydrogens (tertiary/aromatic N) is 2. The van der Waals surface area contributed by atoms with Gasteiger partial charge in [-0.25, -0.2) is 0 Å². The van der Waals surface area contributed by atoms with E-state index in [0.29, 0.717) is 12.4 Å². The topological polar surface area (TPSA) is 72.6 Å². The van der Waals surface area contributed by atoms with Crippen molar-refractivity contribution in [1.29, 1.82) is 0 Å². The summed E-state index contributed by atoms with van der Waals surface area (Å²) in [6.45, 7) is 2.24. The Kier molecular flexibility index (Phi) is 3.12. The van der Waals surface area contributed by atoms with Crippen molar-refractivity contribution >= 4 is 17.8 Å². The zero-order valence-corrected chi connectivity index (χ0v) is 9.80. The highest BCUT2D eigenvalue weighted by Gasteiger charge is 2.37. The summed E-state index contributed by atoms with van der Waals surface area (Å²) >= 11 is 0. The summed E-state index contributed by atoms with van der Waals surface area (Å²) in [7, 11) is 1.32. The third-order valence-corrected chi connectivity index (χ3v) is 2.83. The van der Waals surface area contributed by atoms with Crippen molar-refractivity contribution in [3.8, 4) is 0 Å². The number of methoxy groups -OCH3 is 1. The first-order chi connectivity index (χ1) is 8.15. The second-order valence-corrected chi connectivity index (χ2v) is 3.94. The predicted octanol–water partition coefficient (Wildman–Crippen LogP) is 0.763. The van der Waals surface area contributed by atoms with Crippen LogP contribution < -0.4 is 4.90 Å². The number of amides is 1. The Hall–Kier alpha value is -1.85. The fourth-order valence-electron chi connectivity index (χ4n) is 1.84. The molecule has 0 radical (unpaired) electrons. The number of anilines is 1. The number of rotatable bonds is 3. The standard InChI is InChI=1S/C11H14N2O4/c1-3-8-5-10(17-12-8)13-6-7(4-9(13)14)11(15)16-2/h5,7H,3-4,6H2,1-2H3. The summed E-state index contributed by atoms with van der Waals surface area (Å²) in [5, 5.41) is 3.82. The minimum atomic E-state index is -0.414. The lowest BCUT2D eigenvalue weighted by atomic mass is 10.1. The molecule has 17 heavy (non-hydrogen) atoms. The Morgan fingerprint density at radius 2 is 2.47 bits per heavy atom. The first-order valence-electron chi connectivity index (χ1n) is 5.49. The van der Waals surface area contributed by atoms with Crippen molar-refractivity contribution in [2.75, 3.05) is 18.6 Å². The van der Waals surface area contributed by atoms with Crippen LogP contribution in [0.4, 0.5) is 5.88 Å². The number of hydrogen-bond donors (Lipinski definition) is 0. The van der Waals surface area contributed by atoms with Crippen LogP contribution in [0.5, 0.6) is 0 Å². The van der Waals surface area contributed by atoms with Gasteiger partial charge in [0.15, 0.2) is 0 Å². The molecule has 2 rings (SSSR count). The number of aryl methyl sites for hydroxylation is 1. The van der Waals surface area contributed by atoms with Crippen LogP contribution >= 0.6 is 0 Å². The van der Waals surface area contributed by atoms with Crippen molar-refractivity contribution in [2.45, 2.75) is 19.8 Å². The molecule has 2 heterocycles. The fourth-order valence-corrected chi connectivity index (χ4v) is 1.84. The molecule has 0 spiro atoms. The molecular formula is C11H14N2O4. The second-order valence-electron chi connectivity index (χ2n) is 3.94. The number of ether oxygens (including phenoxy) is 1. The van der Waals surface area contributed by atoms with Gasteiger partial charge in [-0.1, -0.05) is 12.1 Å². The minimum Gasteiger partial charge on any atom is -0.469 e. The Labute approximate surface area is 98.5 Å². The van der Waals surface area contributed by atoms with E-state index in [1.807, 2.05) is 6.92 Å². The molecule has 1 aromatic rings.